The third kappa shape index (κ3) is 10.1. The van der Waals surface area contributed by atoms with Crippen LogP contribution in [-0.2, 0) is 39.8 Å². The Hall–Kier alpha value is -3.94. The molecule has 0 bridgehead atoms. The van der Waals surface area contributed by atoms with E-state index in [-0.39, 0.29) is 49.8 Å². The number of alkyl carbamates (subject to hydrolysis) is 1. The minimum absolute atomic E-state index is 0.0258. The van der Waals surface area contributed by atoms with Crippen molar-refractivity contribution < 1.29 is 48.2 Å². The Bertz CT molecular complexity index is 1260. The van der Waals surface area contributed by atoms with E-state index in [1.165, 1.54) is 34.4 Å². The van der Waals surface area contributed by atoms with Gasteiger partial charge in [-0.2, -0.15) is 0 Å². The number of Topliss-reactive ketones (excluding diaryl/α,β-unsaturated/α-hetero) is 1. The van der Waals surface area contributed by atoms with Crippen LogP contribution in [0.5, 0.6) is 11.8 Å². The molecule has 1 heterocycles. The Kier molecular flexibility index (Phi) is 13.5. The number of fused-ring (bicyclic) bond motifs is 3. The maximum atomic E-state index is 12.2. The van der Waals surface area contributed by atoms with E-state index in [2.05, 4.69) is 29.6 Å². The Balaban J connectivity index is 0.902. The van der Waals surface area contributed by atoms with Crippen LogP contribution in [0, 0.1) is 0 Å². The molecule has 0 saturated carbocycles. The second-order valence-corrected chi connectivity index (χ2v) is 9.93. The summed E-state index contributed by atoms with van der Waals surface area (Å²) in [6.45, 7) is 3.59. The smallest absolute Gasteiger partial charge is 0.407 e. The Morgan fingerprint density at radius 3 is 1.68 bits per heavy atom. The van der Waals surface area contributed by atoms with E-state index in [0.717, 1.165) is 4.57 Å². The van der Waals surface area contributed by atoms with Crippen molar-refractivity contribution >= 4 is 11.9 Å². The second-order valence-electron chi connectivity index (χ2n) is 9.93. The van der Waals surface area contributed by atoms with Crippen molar-refractivity contribution in [2.45, 2.75) is 12.5 Å². The van der Waals surface area contributed by atoms with Gasteiger partial charge in [-0.25, -0.2) is 4.79 Å². The molecule has 44 heavy (non-hydrogen) atoms. The van der Waals surface area contributed by atoms with Gasteiger partial charge in [0, 0.05) is 24.6 Å². The highest BCUT2D eigenvalue weighted by Gasteiger charge is 2.28. The first-order valence-electron chi connectivity index (χ1n) is 14.6. The third-order valence-corrected chi connectivity index (χ3v) is 6.88. The van der Waals surface area contributed by atoms with Crippen LogP contribution in [0.25, 0.3) is 11.1 Å². The Morgan fingerprint density at radius 2 is 1.14 bits per heavy atom. The van der Waals surface area contributed by atoms with E-state index in [1.54, 1.807) is 0 Å². The molecule has 12 nitrogen and oxygen atoms in total. The first-order valence-corrected chi connectivity index (χ1v) is 14.6. The maximum Gasteiger partial charge on any atom is 0.407 e. The van der Waals surface area contributed by atoms with Gasteiger partial charge in [0.2, 0.25) is 0 Å². The van der Waals surface area contributed by atoms with Gasteiger partial charge in [0.05, 0.1) is 66.0 Å². The molecule has 0 saturated heterocycles. The lowest BCUT2D eigenvalue weighted by molar-refractivity contribution is -0.125. The number of hydrogen-bond acceptors (Lipinski definition) is 10. The summed E-state index contributed by atoms with van der Waals surface area (Å²) >= 11 is 0. The van der Waals surface area contributed by atoms with E-state index < -0.39 is 6.09 Å². The van der Waals surface area contributed by atoms with Crippen LogP contribution in [0.2, 0.25) is 0 Å². The molecule has 2 aromatic carbocycles. The summed E-state index contributed by atoms with van der Waals surface area (Å²) in [6, 6.07) is 19.0. The van der Waals surface area contributed by atoms with E-state index in [9.17, 15) is 19.8 Å². The van der Waals surface area contributed by atoms with E-state index >= 15 is 0 Å². The van der Waals surface area contributed by atoms with Gasteiger partial charge in [-0.3, -0.25) is 9.36 Å². The van der Waals surface area contributed by atoms with Gasteiger partial charge in [-0.05, 0) is 22.3 Å². The van der Waals surface area contributed by atoms with Crippen molar-refractivity contribution in [1.29, 1.82) is 0 Å². The van der Waals surface area contributed by atoms with Crippen LogP contribution in [0.15, 0.2) is 60.7 Å². The average Bonchev–Trinajstić information content (AvgIpc) is 3.53. The number of ether oxygens (including phenoxy) is 6. The topological polar surface area (TPSA) is 147 Å². The molecule has 3 aromatic rings. The molecule has 0 atom stereocenters. The SMILES string of the molecule is O=C(COCCOCCOCCOCCOCCNC(=O)OCC1c2ccccc2-c2ccccc21)Cn1c(O)ccc1O. The number of hydrogen-bond donors (Lipinski definition) is 3. The molecule has 0 radical (unpaired) electrons. The van der Waals surface area contributed by atoms with Crippen molar-refractivity contribution in [3.63, 3.8) is 0 Å². The molecule has 238 valence electrons. The number of amides is 1. The quantitative estimate of drug-likeness (QED) is 0.153. The largest absolute Gasteiger partial charge is 0.494 e. The normalized spacial score (nSPS) is 12.2. The summed E-state index contributed by atoms with van der Waals surface area (Å²) in [5.74, 6) is -0.630. The molecular weight excluding hydrogens is 572 g/mol. The molecule has 0 unspecified atom stereocenters. The maximum absolute atomic E-state index is 12.2. The number of rotatable bonds is 21. The second kappa shape index (κ2) is 18.0. The molecule has 1 aliphatic carbocycles. The first kappa shape index (κ1) is 33.0. The fourth-order valence-corrected chi connectivity index (χ4v) is 4.77. The summed E-state index contributed by atoms with van der Waals surface area (Å²) in [5, 5.41) is 21.8. The molecule has 12 heteroatoms. The van der Waals surface area contributed by atoms with Crippen LogP contribution < -0.4 is 5.32 Å². The Morgan fingerprint density at radius 1 is 0.659 bits per heavy atom. The number of nitrogens with zero attached hydrogens (tertiary/aromatic N) is 1. The lowest BCUT2D eigenvalue weighted by atomic mass is 9.98. The lowest BCUT2D eigenvalue weighted by Crippen LogP contribution is -2.29. The highest BCUT2D eigenvalue weighted by Crippen LogP contribution is 2.44. The molecule has 1 aromatic heterocycles. The predicted octanol–water partition coefficient (Wildman–Crippen LogP) is 3.09. The van der Waals surface area contributed by atoms with Gasteiger partial charge in [-0.15, -0.1) is 0 Å². The highest BCUT2D eigenvalue weighted by atomic mass is 16.6. The zero-order valence-corrected chi connectivity index (χ0v) is 24.7. The number of aromatic nitrogens is 1. The molecular formula is C32H40N2O10. The summed E-state index contributed by atoms with van der Waals surface area (Å²) in [7, 11) is 0. The third-order valence-electron chi connectivity index (χ3n) is 6.88. The van der Waals surface area contributed by atoms with E-state index in [4.69, 9.17) is 28.4 Å². The van der Waals surface area contributed by atoms with Gasteiger partial charge in [0.25, 0.3) is 0 Å². The summed E-state index contributed by atoms with van der Waals surface area (Å²) in [5.41, 5.74) is 4.73. The zero-order chi connectivity index (χ0) is 31.0. The average molecular weight is 613 g/mol. The number of ketones is 1. The Labute approximate surface area is 256 Å². The van der Waals surface area contributed by atoms with Gasteiger partial charge < -0.3 is 44.0 Å². The number of benzene rings is 2. The fraction of sp³-hybridized carbons (Fsp3) is 0.438. The number of carbonyl (C=O) groups excluding carboxylic acids is 2. The fourth-order valence-electron chi connectivity index (χ4n) is 4.77. The predicted molar refractivity (Wildman–Crippen MR) is 160 cm³/mol. The van der Waals surface area contributed by atoms with Crippen molar-refractivity contribution in [1.82, 2.24) is 9.88 Å². The minimum Gasteiger partial charge on any atom is -0.494 e. The standard InChI is InChI=1S/C32H40N2O10/c35-24(21-34-30(36)9-10-31(34)37)22-43-20-19-42-18-17-41-16-15-40-14-13-39-12-11-33-32(38)44-23-29-27-7-3-1-5-25(27)26-6-2-4-8-28(26)29/h1-10,29,36-37H,11-23H2,(H,33,38). The minimum atomic E-state index is -0.470. The lowest BCUT2D eigenvalue weighted by Gasteiger charge is -2.14. The number of carbonyl (C=O) groups is 2. The monoisotopic (exact) mass is 612 g/mol. The van der Waals surface area contributed by atoms with Crippen molar-refractivity contribution in [2.75, 3.05) is 79.2 Å². The summed E-state index contributed by atoms with van der Waals surface area (Å²) in [4.78, 5) is 24.0. The number of nitrogens with one attached hydrogen (secondary N) is 1. The van der Waals surface area contributed by atoms with Gasteiger partial charge in [0.1, 0.15) is 13.2 Å². The highest BCUT2D eigenvalue weighted by molar-refractivity contribution is 5.80. The number of aromatic hydroxyl groups is 2. The van der Waals surface area contributed by atoms with Crippen LogP contribution in [0.1, 0.15) is 17.0 Å². The van der Waals surface area contributed by atoms with Crippen molar-refractivity contribution in [3.8, 4) is 22.9 Å². The van der Waals surface area contributed by atoms with Crippen LogP contribution in [-0.4, -0.2) is 106 Å². The zero-order valence-electron chi connectivity index (χ0n) is 24.7. The molecule has 0 aliphatic heterocycles. The van der Waals surface area contributed by atoms with Gasteiger partial charge in [-0.1, -0.05) is 48.5 Å². The molecule has 4 rings (SSSR count). The van der Waals surface area contributed by atoms with E-state index in [1.807, 2.05) is 24.3 Å². The molecule has 0 fully saturated rings. The summed E-state index contributed by atoms with van der Waals surface area (Å²) in [6.07, 6.45) is -0.470. The molecule has 3 N–H and O–H groups in total. The van der Waals surface area contributed by atoms with Crippen LogP contribution in [0.4, 0.5) is 4.79 Å². The van der Waals surface area contributed by atoms with Gasteiger partial charge >= 0.3 is 6.09 Å². The molecule has 1 aliphatic rings. The first-order chi connectivity index (χ1) is 21.5. The van der Waals surface area contributed by atoms with Crippen molar-refractivity contribution in [2.24, 2.45) is 0 Å². The van der Waals surface area contributed by atoms with Crippen molar-refractivity contribution in [3.05, 3.63) is 71.8 Å². The van der Waals surface area contributed by atoms with Crippen LogP contribution in [0.3, 0.4) is 0 Å². The molecule has 1 amide bonds. The van der Waals surface area contributed by atoms with Crippen LogP contribution >= 0.6 is 0 Å². The van der Waals surface area contributed by atoms with Gasteiger partial charge in [0.15, 0.2) is 17.5 Å². The summed E-state index contributed by atoms with van der Waals surface area (Å²) < 4.78 is 33.6. The van der Waals surface area contributed by atoms with E-state index in [0.29, 0.717) is 59.4 Å². The molecule has 0 spiro atoms.